The Morgan fingerprint density at radius 2 is 1.23 bits per heavy atom. The zero-order valence-electron chi connectivity index (χ0n) is 16.8. The molecule has 4 rings (SSSR count). The Morgan fingerprint density at radius 1 is 0.742 bits per heavy atom. The van der Waals surface area contributed by atoms with Crippen LogP contribution >= 0.6 is 0 Å². The van der Waals surface area contributed by atoms with E-state index in [2.05, 4.69) is 15.1 Å². The Bertz CT molecular complexity index is 1080. The van der Waals surface area contributed by atoms with Crippen LogP contribution in [-0.2, 0) is 0 Å². The predicted molar refractivity (Wildman–Crippen MR) is 116 cm³/mol. The van der Waals surface area contributed by atoms with E-state index in [0.29, 0.717) is 5.69 Å². The first-order chi connectivity index (χ1) is 15.0. The number of benzene rings is 3. The molecule has 1 amide bonds. The van der Waals surface area contributed by atoms with E-state index >= 15 is 0 Å². The average Bonchev–Trinajstić information content (AvgIpc) is 2.80. The molecule has 0 bridgehead atoms. The fourth-order valence-corrected chi connectivity index (χ4v) is 3.69. The van der Waals surface area contributed by atoms with Gasteiger partial charge in [-0.05, 0) is 54.6 Å². The third-order valence-electron chi connectivity index (χ3n) is 5.35. The van der Waals surface area contributed by atoms with E-state index in [1.165, 1.54) is 24.3 Å². The van der Waals surface area contributed by atoms with E-state index in [4.69, 9.17) is 0 Å². The number of halogens is 1. The van der Waals surface area contributed by atoms with Crippen molar-refractivity contribution in [3.8, 4) is 0 Å². The number of carboxylic acids is 1. The number of piperazine rings is 1. The lowest BCUT2D eigenvalue weighted by Gasteiger charge is -2.37. The van der Waals surface area contributed by atoms with Gasteiger partial charge in [-0.3, -0.25) is 4.79 Å². The quantitative estimate of drug-likeness (QED) is 0.690. The van der Waals surface area contributed by atoms with Gasteiger partial charge in [-0.25, -0.2) is 4.39 Å². The fourth-order valence-electron chi connectivity index (χ4n) is 3.69. The van der Waals surface area contributed by atoms with E-state index in [1.54, 1.807) is 36.4 Å². The summed E-state index contributed by atoms with van der Waals surface area (Å²) in [6.07, 6.45) is 0. The van der Waals surface area contributed by atoms with Crippen LogP contribution in [0.1, 0.15) is 20.7 Å². The number of rotatable bonds is 5. The number of hydrogen-bond acceptors (Lipinski definition) is 5. The summed E-state index contributed by atoms with van der Waals surface area (Å²) in [5.74, 6) is -2.13. The van der Waals surface area contributed by atoms with Crippen molar-refractivity contribution in [2.45, 2.75) is 0 Å². The standard InChI is InChI=1S/C24H22FN3O3/c25-17-5-9-19(10-6-17)27-13-15-28(16-14-27)20-11-7-18(8-12-20)26-23(29)21-3-1-2-4-22(21)24(30)31/h1-12H,13-16H2,(H,26,29)(H,30,31)/p-1. The maximum absolute atomic E-state index is 13.1. The number of nitrogens with zero attached hydrogens (tertiary/aromatic N) is 2. The van der Waals surface area contributed by atoms with Crippen molar-refractivity contribution in [3.05, 3.63) is 89.7 Å². The van der Waals surface area contributed by atoms with Gasteiger partial charge < -0.3 is 25.0 Å². The molecular formula is C24H21FN3O3-. The molecule has 0 aliphatic carbocycles. The number of aromatic carboxylic acids is 1. The molecule has 0 unspecified atom stereocenters. The SMILES string of the molecule is O=C([O-])c1ccccc1C(=O)Nc1ccc(N2CCN(c3ccc(F)cc3)CC2)cc1. The molecule has 0 spiro atoms. The lowest BCUT2D eigenvalue weighted by atomic mass is 10.1. The number of carboxylic acid groups (broad SMARTS) is 1. The summed E-state index contributed by atoms with van der Waals surface area (Å²) in [6, 6.07) is 19.9. The highest BCUT2D eigenvalue weighted by Crippen LogP contribution is 2.23. The van der Waals surface area contributed by atoms with Crippen molar-refractivity contribution in [3.63, 3.8) is 0 Å². The van der Waals surface area contributed by atoms with Crippen molar-refractivity contribution < 1.29 is 19.1 Å². The zero-order valence-corrected chi connectivity index (χ0v) is 16.8. The van der Waals surface area contributed by atoms with E-state index in [9.17, 15) is 19.1 Å². The first kappa shape index (κ1) is 20.4. The smallest absolute Gasteiger partial charge is 0.256 e. The van der Waals surface area contributed by atoms with Crippen molar-refractivity contribution in [1.29, 1.82) is 0 Å². The summed E-state index contributed by atoms with van der Waals surface area (Å²) in [5, 5.41) is 13.9. The fraction of sp³-hybridized carbons (Fsp3) is 0.167. The molecule has 1 aliphatic rings. The summed E-state index contributed by atoms with van der Waals surface area (Å²) in [5.41, 5.74) is 2.54. The lowest BCUT2D eigenvalue weighted by Crippen LogP contribution is -2.46. The molecule has 7 heteroatoms. The van der Waals surface area contributed by atoms with Crippen LogP contribution < -0.4 is 20.2 Å². The van der Waals surface area contributed by atoms with Crippen molar-refractivity contribution >= 4 is 28.9 Å². The van der Waals surface area contributed by atoms with Gasteiger partial charge in [0.05, 0.1) is 5.97 Å². The third-order valence-corrected chi connectivity index (χ3v) is 5.35. The molecule has 0 radical (unpaired) electrons. The van der Waals surface area contributed by atoms with Crippen molar-refractivity contribution in [2.75, 3.05) is 41.3 Å². The van der Waals surface area contributed by atoms with Gasteiger partial charge in [0.15, 0.2) is 0 Å². The Hall–Kier alpha value is -3.87. The van der Waals surface area contributed by atoms with Crippen LogP contribution in [0.2, 0.25) is 0 Å². The van der Waals surface area contributed by atoms with Crippen LogP contribution in [0.5, 0.6) is 0 Å². The van der Waals surface area contributed by atoms with Gasteiger partial charge in [0.1, 0.15) is 5.82 Å². The molecule has 0 aromatic heterocycles. The van der Waals surface area contributed by atoms with E-state index < -0.39 is 11.9 Å². The Balaban J connectivity index is 1.37. The molecule has 1 N–H and O–H groups in total. The summed E-state index contributed by atoms with van der Waals surface area (Å²) in [6.45, 7) is 3.29. The molecule has 6 nitrogen and oxygen atoms in total. The second kappa shape index (κ2) is 8.87. The maximum atomic E-state index is 13.1. The summed E-state index contributed by atoms with van der Waals surface area (Å²) in [4.78, 5) is 28.2. The Labute approximate surface area is 179 Å². The minimum absolute atomic E-state index is 0.0588. The van der Waals surface area contributed by atoms with E-state index in [1.807, 2.05) is 12.1 Å². The molecular weight excluding hydrogens is 397 g/mol. The second-order valence-corrected chi connectivity index (χ2v) is 7.28. The van der Waals surface area contributed by atoms with Gasteiger partial charge in [-0.15, -0.1) is 0 Å². The van der Waals surface area contributed by atoms with Crippen LogP contribution in [0.4, 0.5) is 21.5 Å². The molecule has 1 heterocycles. The molecule has 1 fully saturated rings. The molecule has 3 aromatic carbocycles. The van der Waals surface area contributed by atoms with Crippen LogP contribution in [0.3, 0.4) is 0 Å². The summed E-state index contributed by atoms with van der Waals surface area (Å²) in [7, 11) is 0. The number of anilines is 3. The molecule has 0 saturated carbocycles. The van der Waals surface area contributed by atoms with E-state index in [-0.39, 0.29) is 16.9 Å². The molecule has 1 saturated heterocycles. The van der Waals surface area contributed by atoms with E-state index in [0.717, 1.165) is 37.6 Å². The summed E-state index contributed by atoms with van der Waals surface area (Å²) >= 11 is 0. The van der Waals surface area contributed by atoms with Crippen LogP contribution in [-0.4, -0.2) is 38.1 Å². The number of carbonyl (C=O) groups is 2. The predicted octanol–water partition coefficient (Wildman–Crippen LogP) is 2.77. The van der Waals surface area contributed by atoms with Crippen LogP contribution in [0, 0.1) is 5.82 Å². The average molecular weight is 418 g/mol. The Kier molecular flexibility index (Phi) is 5.84. The van der Waals surface area contributed by atoms with Crippen LogP contribution in [0.15, 0.2) is 72.8 Å². The molecule has 158 valence electrons. The molecule has 31 heavy (non-hydrogen) atoms. The zero-order chi connectivity index (χ0) is 21.8. The first-order valence-corrected chi connectivity index (χ1v) is 9.98. The lowest BCUT2D eigenvalue weighted by molar-refractivity contribution is -0.255. The first-order valence-electron chi connectivity index (χ1n) is 9.98. The van der Waals surface area contributed by atoms with Crippen molar-refractivity contribution in [1.82, 2.24) is 0 Å². The van der Waals surface area contributed by atoms with Gasteiger partial charge in [0.25, 0.3) is 5.91 Å². The highest BCUT2D eigenvalue weighted by atomic mass is 19.1. The van der Waals surface area contributed by atoms with Gasteiger partial charge in [0, 0.05) is 54.4 Å². The minimum atomic E-state index is -1.39. The maximum Gasteiger partial charge on any atom is 0.256 e. The third kappa shape index (κ3) is 4.66. The highest BCUT2D eigenvalue weighted by Gasteiger charge is 2.18. The van der Waals surface area contributed by atoms with Gasteiger partial charge >= 0.3 is 0 Å². The molecule has 3 aromatic rings. The number of hydrogen-bond donors (Lipinski definition) is 1. The topological polar surface area (TPSA) is 75.7 Å². The Morgan fingerprint density at radius 3 is 1.74 bits per heavy atom. The van der Waals surface area contributed by atoms with Gasteiger partial charge in [-0.1, -0.05) is 18.2 Å². The van der Waals surface area contributed by atoms with Crippen molar-refractivity contribution in [2.24, 2.45) is 0 Å². The van der Waals surface area contributed by atoms with Crippen LogP contribution in [0.25, 0.3) is 0 Å². The number of nitrogens with one attached hydrogen (secondary N) is 1. The largest absolute Gasteiger partial charge is 0.545 e. The minimum Gasteiger partial charge on any atom is -0.545 e. The monoisotopic (exact) mass is 418 g/mol. The number of carbonyl (C=O) groups excluding carboxylic acids is 2. The van der Waals surface area contributed by atoms with Gasteiger partial charge in [-0.2, -0.15) is 0 Å². The normalized spacial score (nSPS) is 13.7. The molecule has 0 atom stereocenters. The summed E-state index contributed by atoms with van der Waals surface area (Å²) < 4.78 is 13.1. The number of amides is 1. The molecule has 1 aliphatic heterocycles. The van der Waals surface area contributed by atoms with Gasteiger partial charge in [0.2, 0.25) is 0 Å². The highest BCUT2D eigenvalue weighted by molar-refractivity contribution is 6.10. The second-order valence-electron chi connectivity index (χ2n) is 7.28.